The molecule has 4 unspecified atom stereocenters. The molecule has 4 aliphatic rings. The Hall–Kier alpha value is -0.610. The van der Waals surface area contributed by atoms with Crippen LogP contribution in [0.4, 0.5) is 0 Å². The fourth-order valence-corrected chi connectivity index (χ4v) is 4.94. The lowest BCUT2D eigenvalue weighted by Gasteiger charge is -2.44. The van der Waals surface area contributed by atoms with Crippen LogP contribution in [-0.2, 0) is 4.79 Å². The number of carboxylic acids is 1. The highest BCUT2D eigenvalue weighted by molar-refractivity contribution is 5.79. The first-order chi connectivity index (χ1) is 9.66. The zero-order valence-corrected chi connectivity index (χ0v) is 12.2. The van der Waals surface area contributed by atoms with Gasteiger partial charge in [0.2, 0.25) is 0 Å². The van der Waals surface area contributed by atoms with Gasteiger partial charge in [0.1, 0.15) is 5.54 Å². The fraction of sp³-hybridized carbons (Fsp3) is 0.938. The van der Waals surface area contributed by atoms with Gasteiger partial charge >= 0.3 is 5.97 Å². The second kappa shape index (κ2) is 4.70. The van der Waals surface area contributed by atoms with E-state index < -0.39 is 11.5 Å². The van der Waals surface area contributed by atoms with Gasteiger partial charge in [0, 0.05) is 24.7 Å². The largest absolute Gasteiger partial charge is 0.480 e. The molecule has 4 fully saturated rings. The van der Waals surface area contributed by atoms with Crippen LogP contribution in [0.2, 0.25) is 0 Å². The highest BCUT2D eigenvalue weighted by atomic mass is 16.4. The quantitative estimate of drug-likeness (QED) is 0.826. The Morgan fingerprint density at radius 1 is 1.15 bits per heavy atom. The maximum Gasteiger partial charge on any atom is 0.323 e. The molecule has 4 rings (SSSR count). The second-order valence-electron chi connectivity index (χ2n) is 7.59. The van der Waals surface area contributed by atoms with Crippen LogP contribution in [0, 0.1) is 5.92 Å². The lowest BCUT2D eigenvalue weighted by molar-refractivity contribution is -0.147. The summed E-state index contributed by atoms with van der Waals surface area (Å²) in [6.07, 6.45) is 10.3. The van der Waals surface area contributed by atoms with E-state index in [2.05, 4.69) is 10.2 Å². The summed E-state index contributed by atoms with van der Waals surface area (Å²) < 4.78 is 0. The van der Waals surface area contributed by atoms with E-state index in [0.717, 1.165) is 44.1 Å². The third-order valence-corrected chi connectivity index (χ3v) is 6.11. The van der Waals surface area contributed by atoms with Gasteiger partial charge in [-0.25, -0.2) is 0 Å². The first-order valence-corrected chi connectivity index (χ1v) is 8.43. The van der Waals surface area contributed by atoms with E-state index in [1.165, 1.54) is 32.2 Å². The second-order valence-corrected chi connectivity index (χ2v) is 7.59. The average Bonchev–Trinajstić information content (AvgIpc) is 3.00. The number of nitrogens with zero attached hydrogens (tertiary/aromatic N) is 1. The summed E-state index contributed by atoms with van der Waals surface area (Å²) in [7, 11) is 0. The summed E-state index contributed by atoms with van der Waals surface area (Å²) in [6.45, 7) is 1.23. The predicted octanol–water partition coefficient (Wildman–Crippen LogP) is 1.99. The molecular weight excluding hydrogens is 252 g/mol. The molecule has 0 amide bonds. The Labute approximate surface area is 120 Å². The lowest BCUT2D eigenvalue weighted by Crippen LogP contribution is -2.59. The van der Waals surface area contributed by atoms with Crippen molar-refractivity contribution >= 4 is 5.97 Å². The van der Waals surface area contributed by atoms with Crippen molar-refractivity contribution in [1.82, 2.24) is 10.2 Å². The Morgan fingerprint density at radius 2 is 2.00 bits per heavy atom. The van der Waals surface area contributed by atoms with Gasteiger partial charge in [0.25, 0.3) is 0 Å². The number of hydrogen-bond acceptors (Lipinski definition) is 3. The number of likely N-dealkylation sites (tertiary alicyclic amines) is 1. The van der Waals surface area contributed by atoms with Gasteiger partial charge in [-0.3, -0.25) is 15.0 Å². The van der Waals surface area contributed by atoms with Crippen LogP contribution in [0.15, 0.2) is 0 Å². The van der Waals surface area contributed by atoms with Crippen molar-refractivity contribution in [1.29, 1.82) is 0 Å². The van der Waals surface area contributed by atoms with Crippen molar-refractivity contribution in [2.75, 3.05) is 6.54 Å². The summed E-state index contributed by atoms with van der Waals surface area (Å²) in [4.78, 5) is 14.5. The van der Waals surface area contributed by atoms with E-state index in [9.17, 15) is 9.90 Å². The Bertz CT molecular complexity index is 409. The van der Waals surface area contributed by atoms with E-state index in [0.29, 0.717) is 12.1 Å². The minimum atomic E-state index is -0.633. The molecule has 1 aliphatic heterocycles. The zero-order chi connectivity index (χ0) is 13.7. The molecule has 4 nitrogen and oxygen atoms in total. The molecule has 20 heavy (non-hydrogen) atoms. The van der Waals surface area contributed by atoms with E-state index in [-0.39, 0.29) is 0 Å². The van der Waals surface area contributed by atoms with Crippen LogP contribution in [0.25, 0.3) is 0 Å². The molecule has 112 valence electrons. The Morgan fingerprint density at radius 3 is 2.60 bits per heavy atom. The summed E-state index contributed by atoms with van der Waals surface area (Å²) in [5.41, 5.74) is -0.633. The molecule has 3 aliphatic carbocycles. The number of nitrogens with one attached hydrogen (secondary N) is 1. The van der Waals surface area contributed by atoms with Crippen molar-refractivity contribution < 1.29 is 9.90 Å². The van der Waals surface area contributed by atoms with Gasteiger partial charge in [0.15, 0.2) is 0 Å². The van der Waals surface area contributed by atoms with Crippen LogP contribution in [0.5, 0.6) is 0 Å². The van der Waals surface area contributed by atoms with E-state index in [1.54, 1.807) is 0 Å². The monoisotopic (exact) mass is 278 g/mol. The van der Waals surface area contributed by atoms with Gasteiger partial charge in [-0.15, -0.1) is 0 Å². The number of fused-ring (bicyclic) bond motifs is 2. The lowest BCUT2D eigenvalue weighted by atomic mass is 9.77. The highest BCUT2D eigenvalue weighted by Crippen LogP contribution is 2.43. The summed E-state index contributed by atoms with van der Waals surface area (Å²) in [5, 5.41) is 13.3. The maximum absolute atomic E-state index is 11.9. The molecule has 0 aromatic heterocycles. The van der Waals surface area contributed by atoms with Gasteiger partial charge in [-0.05, 0) is 63.7 Å². The van der Waals surface area contributed by atoms with Crippen LogP contribution >= 0.6 is 0 Å². The normalized spacial score (nSPS) is 44.9. The first kappa shape index (κ1) is 13.1. The molecule has 1 heterocycles. The molecule has 0 aromatic carbocycles. The van der Waals surface area contributed by atoms with Crippen molar-refractivity contribution in [2.24, 2.45) is 5.92 Å². The third kappa shape index (κ3) is 2.17. The average molecular weight is 278 g/mol. The van der Waals surface area contributed by atoms with Gasteiger partial charge in [-0.1, -0.05) is 0 Å². The fourth-order valence-electron chi connectivity index (χ4n) is 4.94. The summed E-state index contributed by atoms with van der Waals surface area (Å²) in [5.74, 6) is 0.288. The molecule has 0 spiro atoms. The van der Waals surface area contributed by atoms with E-state index >= 15 is 0 Å². The molecule has 3 saturated carbocycles. The molecule has 0 radical (unpaired) electrons. The minimum Gasteiger partial charge on any atom is -0.480 e. The molecule has 4 atom stereocenters. The SMILES string of the molecule is O=C(O)C1(NC2CC2)CCCC(N2CC3CCC2C3)C1. The first-order valence-electron chi connectivity index (χ1n) is 8.43. The number of aliphatic carboxylic acids is 1. The third-order valence-electron chi connectivity index (χ3n) is 6.11. The summed E-state index contributed by atoms with van der Waals surface area (Å²) >= 11 is 0. The molecule has 2 N–H and O–H groups in total. The molecule has 2 bridgehead atoms. The molecule has 1 saturated heterocycles. The van der Waals surface area contributed by atoms with Crippen LogP contribution in [-0.4, -0.2) is 46.2 Å². The van der Waals surface area contributed by atoms with Gasteiger partial charge in [-0.2, -0.15) is 0 Å². The Balaban J connectivity index is 1.49. The van der Waals surface area contributed by atoms with Crippen molar-refractivity contribution in [3.05, 3.63) is 0 Å². The standard InChI is InChI=1S/C16H26N2O2/c19-15(20)16(17-12-4-5-12)7-1-2-14(9-16)18-10-11-3-6-13(18)8-11/h11-14,17H,1-10H2,(H,19,20). The van der Waals surface area contributed by atoms with Crippen molar-refractivity contribution in [3.63, 3.8) is 0 Å². The number of hydrogen-bond donors (Lipinski definition) is 2. The number of piperidine rings is 1. The minimum absolute atomic E-state index is 0.472. The maximum atomic E-state index is 11.9. The van der Waals surface area contributed by atoms with E-state index in [4.69, 9.17) is 0 Å². The van der Waals surface area contributed by atoms with Gasteiger partial charge < -0.3 is 5.11 Å². The number of carboxylic acid groups (broad SMARTS) is 1. The molecule has 0 aromatic rings. The Kier molecular flexibility index (Phi) is 3.08. The number of carbonyl (C=O) groups is 1. The zero-order valence-electron chi connectivity index (χ0n) is 12.2. The van der Waals surface area contributed by atoms with Crippen LogP contribution in [0.1, 0.15) is 57.8 Å². The smallest absolute Gasteiger partial charge is 0.323 e. The topological polar surface area (TPSA) is 52.6 Å². The van der Waals surface area contributed by atoms with Gasteiger partial charge in [0.05, 0.1) is 0 Å². The molecule has 4 heteroatoms. The van der Waals surface area contributed by atoms with Crippen molar-refractivity contribution in [2.45, 2.75) is 81.5 Å². The summed E-state index contributed by atoms with van der Waals surface area (Å²) in [6, 6.07) is 1.73. The molecular formula is C16H26N2O2. The van der Waals surface area contributed by atoms with Crippen LogP contribution in [0.3, 0.4) is 0 Å². The van der Waals surface area contributed by atoms with Crippen LogP contribution < -0.4 is 5.32 Å². The number of rotatable bonds is 4. The van der Waals surface area contributed by atoms with Crippen molar-refractivity contribution in [3.8, 4) is 0 Å². The highest BCUT2D eigenvalue weighted by Gasteiger charge is 2.49. The predicted molar refractivity (Wildman–Crippen MR) is 76.6 cm³/mol. The van der Waals surface area contributed by atoms with E-state index in [1.807, 2.05) is 0 Å².